The van der Waals surface area contributed by atoms with Crippen molar-refractivity contribution in [2.45, 2.75) is 44.8 Å². The molecule has 1 aliphatic rings. The molecule has 0 bridgehead atoms. The smallest absolute Gasteiger partial charge is 0.222 e. The molecule has 1 aliphatic heterocycles. The van der Waals surface area contributed by atoms with Gasteiger partial charge in [0.2, 0.25) is 11.8 Å². The van der Waals surface area contributed by atoms with Crippen molar-refractivity contribution in [2.24, 2.45) is 0 Å². The zero-order valence-corrected chi connectivity index (χ0v) is 13.7. The average molecular weight is 326 g/mol. The highest BCUT2D eigenvalue weighted by Crippen LogP contribution is 2.18. The van der Waals surface area contributed by atoms with Gasteiger partial charge in [-0.25, -0.2) is 4.98 Å². The third kappa shape index (κ3) is 4.01. The van der Waals surface area contributed by atoms with Gasteiger partial charge in [0.25, 0.3) is 0 Å². The van der Waals surface area contributed by atoms with Gasteiger partial charge in [0, 0.05) is 38.3 Å². The maximum Gasteiger partial charge on any atom is 0.222 e. The summed E-state index contributed by atoms with van der Waals surface area (Å²) in [7, 11) is 0. The van der Waals surface area contributed by atoms with Crippen LogP contribution in [0.4, 0.5) is 0 Å². The molecule has 6 nitrogen and oxygen atoms in total. The second-order valence-corrected chi connectivity index (χ2v) is 6.17. The summed E-state index contributed by atoms with van der Waals surface area (Å²) in [5, 5.41) is 5.95. The van der Waals surface area contributed by atoms with Crippen LogP contribution in [0.3, 0.4) is 0 Å². The van der Waals surface area contributed by atoms with Gasteiger partial charge in [-0.15, -0.1) is 0 Å². The third-order valence-corrected chi connectivity index (χ3v) is 4.27. The van der Waals surface area contributed by atoms with Crippen molar-refractivity contribution in [1.82, 2.24) is 20.2 Å². The molecule has 2 heterocycles. The number of fused-ring (bicyclic) bond motifs is 1. The Kier molecular flexibility index (Phi) is 4.93. The fourth-order valence-electron chi connectivity index (χ4n) is 3.14. The van der Waals surface area contributed by atoms with E-state index in [1.54, 1.807) is 6.20 Å². The van der Waals surface area contributed by atoms with Gasteiger partial charge in [0.1, 0.15) is 5.82 Å². The van der Waals surface area contributed by atoms with Gasteiger partial charge in [-0.05, 0) is 12.0 Å². The van der Waals surface area contributed by atoms with E-state index in [1.807, 2.05) is 36.5 Å². The Balaban J connectivity index is 1.60. The average Bonchev–Trinajstić information content (AvgIpc) is 3.02. The van der Waals surface area contributed by atoms with E-state index in [1.165, 1.54) is 6.92 Å². The van der Waals surface area contributed by atoms with Gasteiger partial charge >= 0.3 is 0 Å². The minimum Gasteiger partial charge on any atom is -0.351 e. The Bertz CT molecular complexity index is 711. The first-order valence-electron chi connectivity index (χ1n) is 8.23. The molecule has 24 heavy (non-hydrogen) atoms. The summed E-state index contributed by atoms with van der Waals surface area (Å²) in [5.74, 6) is 0.879. The predicted molar refractivity (Wildman–Crippen MR) is 90.1 cm³/mol. The zero-order chi connectivity index (χ0) is 16.9. The number of hydrogen-bond donors (Lipinski definition) is 2. The topological polar surface area (TPSA) is 76.0 Å². The summed E-state index contributed by atoms with van der Waals surface area (Å²) in [5.41, 5.74) is 0.934. The fraction of sp³-hybridized carbons (Fsp3) is 0.389. The summed E-state index contributed by atoms with van der Waals surface area (Å²) in [6, 6.07) is 9.37. The molecule has 2 N–H and O–H groups in total. The second kappa shape index (κ2) is 7.29. The van der Waals surface area contributed by atoms with Crippen molar-refractivity contribution < 1.29 is 9.59 Å². The summed E-state index contributed by atoms with van der Waals surface area (Å²) >= 11 is 0. The van der Waals surface area contributed by atoms with Gasteiger partial charge in [-0.1, -0.05) is 30.3 Å². The SMILES string of the molecule is CC(=O)N[C@H](CC(=O)N[C@H]1CCc2nccn2C1)c1ccccc1. The molecule has 0 saturated heterocycles. The summed E-state index contributed by atoms with van der Waals surface area (Å²) in [6.45, 7) is 2.22. The molecule has 1 aromatic carbocycles. The maximum absolute atomic E-state index is 12.4. The minimum absolute atomic E-state index is 0.0498. The lowest BCUT2D eigenvalue weighted by Gasteiger charge is -2.26. The van der Waals surface area contributed by atoms with Gasteiger partial charge < -0.3 is 15.2 Å². The normalized spacial score (nSPS) is 17.6. The first kappa shape index (κ1) is 16.2. The Hall–Kier alpha value is -2.63. The van der Waals surface area contributed by atoms with E-state index in [2.05, 4.69) is 20.2 Å². The number of imidazole rings is 1. The molecule has 0 unspecified atom stereocenters. The van der Waals surface area contributed by atoms with Crippen LogP contribution in [0, 0.1) is 0 Å². The molecule has 1 aromatic heterocycles. The third-order valence-electron chi connectivity index (χ3n) is 4.27. The molecule has 2 amide bonds. The van der Waals surface area contributed by atoms with Crippen LogP contribution in [-0.2, 0) is 22.6 Å². The van der Waals surface area contributed by atoms with Crippen LogP contribution < -0.4 is 10.6 Å². The lowest BCUT2D eigenvalue weighted by atomic mass is 10.0. The van der Waals surface area contributed by atoms with Crippen LogP contribution in [0.15, 0.2) is 42.7 Å². The number of benzene rings is 1. The Labute approximate surface area is 141 Å². The molecule has 2 atom stereocenters. The van der Waals surface area contributed by atoms with Crippen LogP contribution in [-0.4, -0.2) is 27.4 Å². The lowest BCUT2D eigenvalue weighted by molar-refractivity contribution is -0.123. The highest BCUT2D eigenvalue weighted by molar-refractivity contribution is 5.79. The highest BCUT2D eigenvalue weighted by atomic mass is 16.2. The van der Waals surface area contributed by atoms with E-state index in [-0.39, 0.29) is 30.3 Å². The number of aryl methyl sites for hydroxylation is 1. The van der Waals surface area contributed by atoms with Gasteiger partial charge in [0.05, 0.1) is 12.5 Å². The van der Waals surface area contributed by atoms with Crippen LogP contribution in [0.5, 0.6) is 0 Å². The van der Waals surface area contributed by atoms with Crippen LogP contribution >= 0.6 is 0 Å². The monoisotopic (exact) mass is 326 g/mol. The van der Waals surface area contributed by atoms with Crippen molar-refractivity contribution in [2.75, 3.05) is 0 Å². The minimum atomic E-state index is -0.309. The Morgan fingerprint density at radius 2 is 2.12 bits per heavy atom. The van der Waals surface area contributed by atoms with Crippen molar-refractivity contribution >= 4 is 11.8 Å². The molecule has 126 valence electrons. The molecule has 0 fully saturated rings. The molecule has 2 aromatic rings. The van der Waals surface area contributed by atoms with Crippen LogP contribution in [0.25, 0.3) is 0 Å². The van der Waals surface area contributed by atoms with Crippen LogP contribution in [0.2, 0.25) is 0 Å². The highest BCUT2D eigenvalue weighted by Gasteiger charge is 2.22. The Morgan fingerprint density at radius 3 is 2.88 bits per heavy atom. The molecule has 0 radical (unpaired) electrons. The number of rotatable bonds is 5. The molecular weight excluding hydrogens is 304 g/mol. The van der Waals surface area contributed by atoms with E-state index < -0.39 is 0 Å². The van der Waals surface area contributed by atoms with E-state index in [4.69, 9.17) is 0 Å². The standard InChI is InChI=1S/C18H22N4O2/c1-13(23)20-16(14-5-3-2-4-6-14)11-18(24)21-15-7-8-17-19-9-10-22(17)12-15/h2-6,9-10,15-16H,7-8,11-12H2,1H3,(H,20,23)(H,21,24)/t15-,16+/m0/s1. The molecule has 6 heteroatoms. The van der Waals surface area contributed by atoms with Gasteiger partial charge in [0.15, 0.2) is 0 Å². The number of carbonyl (C=O) groups is 2. The van der Waals surface area contributed by atoms with Crippen molar-refractivity contribution in [3.05, 3.63) is 54.1 Å². The molecule has 3 rings (SSSR count). The number of carbonyl (C=O) groups excluding carboxylic acids is 2. The summed E-state index contributed by atoms with van der Waals surface area (Å²) in [4.78, 5) is 28.2. The second-order valence-electron chi connectivity index (χ2n) is 6.17. The number of aromatic nitrogens is 2. The first-order chi connectivity index (χ1) is 11.6. The van der Waals surface area contributed by atoms with E-state index in [0.29, 0.717) is 0 Å². The van der Waals surface area contributed by atoms with Crippen molar-refractivity contribution in [1.29, 1.82) is 0 Å². The molecular formula is C18H22N4O2. The quantitative estimate of drug-likeness (QED) is 0.876. The number of nitrogens with zero attached hydrogens (tertiary/aromatic N) is 2. The van der Waals surface area contributed by atoms with E-state index in [9.17, 15) is 9.59 Å². The molecule has 0 aliphatic carbocycles. The van der Waals surface area contributed by atoms with Crippen molar-refractivity contribution in [3.63, 3.8) is 0 Å². The zero-order valence-electron chi connectivity index (χ0n) is 13.7. The van der Waals surface area contributed by atoms with Crippen LogP contribution in [0.1, 0.15) is 37.2 Å². The number of hydrogen-bond acceptors (Lipinski definition) is 3. The first-order valence-corrected chi connectivity index (χ1v) is 8.23. The predicted octanol–water partition coefficient (Wildman–Crippen LogP) is 1.58. The van der Waals surface area contributed by atoms with Gasteiger partial charge in [-0.3, -0.25) is 9.59 Å². The molecule has 0 spiro atoms. The van der Waals surface area contributed by atoms with Crippen molar-refractivity contribution in [3.8, 4) is 0 Å². The summed E-state index contributed by atoms with van der Waals surface area (Å²) in [6.07, 6.45) is 5.72. The fourth-order valence-corrected chi connectivity index (χ4v) is 3.14. The number of amides is 2. The van der Waals surface area contributed by atoms with E-state index >= 15 is 0 Å². The van der Waals surface area contributed by atoms with E-state index in [0.717, 1.165) is 30.8 Å². The maximum atomic E-state index is 12.4. The largest absolute Gasteiger partial charge is 0.351 e. The van der Waals surface area contributed by atoms with Gasteiger partial charge in [-0.2, -0.15) is 0 Å². The lowest BCUT2D eigenvalue weighted by Crippen LogP contribution is -2.42. The Morgan fingerprint density at radius 1 is 1.33 bits per heavy atom. The number of nitrogens with one attached hydrogen (secondary N) is 2. The molecule has 0 saturated carbocycles. The summed E-state index contributed by atoms with van der Waals surface area (Å²) < 4.78 is 2.08.